The van der Waals surface area contributed by atoms with E-state index in [4.69, 9.17) is 4.42 Å². The van der Waals surface area contributed by atoms with Crippen molar-refractivity contribution in [3.05, 3.63) is 64.6 Å². The van der Waals surface area contributed by atoms with Gasteiger partial charge in [0.15, 0.2) is 5.58 Å². The number of carbonyl (C=O) groups excluding carboxylic acids is 3. The van der Waals surface area contributed by atoms with Crippen LogP contribution in [0.4, 0.5) is 5.69 Å². The second-order valence-electron chi connectivity index (χ2n) is 7.68. The minimum Gasteiger partial charge on any atom is -0.408 e. The molecule has 1 fully saturated rings. The van der Waals surface area contributed by atoms with Gasteiger partial charge in [0.1, 0.15) is 0 Å². The first kappa shape index (κ1) is 20.6. The Bertz CT molecular complexity index is 1210. The first-order valence-electron chi connectivity index (χ1n) is 10.3. The fourth-order valence-electron chi connectivity index (χ4n) is 4.10. The average molecular weight is 421 g/mol. The minimum absolute atomic E-state index is 0.106. The van der Waals surface area contributed by atoms with E-state index in [0.29, 0.717) is 36.0 Å². The lowest BCUT2D eigenvalue weighted by Gasteiger charge is -2.35. The smallest absolute Gasteiger partial charge is 0.408 e. The van der Waals surface area contributed by atoms with E-state index in [9.17, 15) is 19.2 Å². The van der Waals surface area contributed by atoms with Gasteiger partial charge in [-0.2, -0.15) is 0 Å². The van der Waals surface area contributed by atoms with E-state index in [-0.39, 0.29) is 30.7 Å². The van der Waals surface area contributed by atoms with Crippen LogP contribution in [-0.2, 0) is 26.3 Å². The Hall–Kier alpha value is -3.68. The number of imide groups is 1. The van der Waals surface area contributed by atoms with Crippen LogP contribution < -0.4 is 16.4 Å². The monoisotopic (exact) mass is 421 g/mol. The molecule has 3 aromatic rings. The summed E-state index contributed by atoms with van der Waals surface area (Å²) in [6.07, 6.45) is 1.45. The SMILES string of the molecule is CCC1(c2ccc(NC(=O)CCn3c(=O)oc4ccccc43)cc2)CCC(=O)NC1=O. The van der Waals surface area contributed by atoms with E-state index in [1.165, 1.54) is 4.57 Å². The first-order chi connectivity index (χ1) is 14.9. The normalized spacial score (nSPS) is 18.7. The maximum absolute atomic E-state index is 12.5. The molecule has 8 nitrogen and oxygen atoms in total. The molecule has 3 amide bonds. The molecular weight excluding hydrogens is 398 g/mol. The summed E-state index contributed by atoms with van der Waals surface area (Å²) in [6.45, 7) is 2.12. The van der Waals surface area contributed by atoms with E-state index in [1.54, 1.807) is 36.4 Å². The lowest BCUT2D eigenvalue weighted by atomic mass is 9.72. The molecule has 2 aromatic carbocycles. The van der Waals surface area contributed by atoms with Gasteiger partial charge in [0.25, 0.3) is 0 Å². The zero-order chi connectivity index (χ0) is 22.0. The summed E-state index contributed by atoms with van der Waals surface area (Å²) in [4.78, 5) is 48.4. The number of aryl methyl sites for hydroxylation is 1. The highest BCUT2D eigenvalue weighted by atomic mass is 16.4. The predicted octanol–water partition coefficient (Wildman–Crippen LogP) is 2.71. The standard InChI is InChI=1S/C23H23N3O5/c1-2-23(13-11-19(27)25-21(23)29)15-7-9-16(10-8-15)24-20(28)12-14-26-17-5-3-4-6-18(17)31-22(26)30/h3-10H,2,11-14H2,1H3,(H,24,28)(H,25,27,29). The van der Waals surface area contributed by atoms with Gasteiger partial charge in [0.2, 0.25) is 17.7 Å². The third-order valence-corrected chi connectivity index (χ3v) is 5.93. The van der Waals surface area contributed by atoms with Crippen molar-refractivity contribution in [3.8, 4) is 0 Å². The molecule has 1 aliphatic rings. The van der Waals surface area contributed by atoms with Crippen LogP contribution >= 0.6 is 0 Å². The molecule has 2 N–H and O–H groups in total. The number of fused-ring (bicyclic) bond motifs is 1. The maximum atomic E-state index is 12.5. The van der Waals surface area contributed by atoms with Crippen molar-refractivity contribution in [2.75, 3.05) is 5.32 Å². The van der Waals surface area contributed by atoms with Crippen LogP contribution in [0.3, 0.4) is 0 Å². The number of para-hydroxylation sites is 2. The molecule has 8 heteroatoms. The van der Waals surface area contributed by atoms with Crippen molar-refractivity contribution < 1.29 is 18.8 Å². The fraction of sp³-hybridized carbons (Fsp3) is 0.304. The fourth-order valence-corrected chi connectivity index (χ4v) is 4.10. The number of carbonyl (C=O) groups is 3. The zero-order valence-electron chi connectivity index (χ0n) is 17.1. The third kappa shape index (κ3) is 3.88. The Morgan fingerprint density at radius 3 is 2.58 bits per heavy atom. The van der Waals surface area contributed by atoms with Gasteiger partial charge in [-0.05, 0) is 42.7 Å². The molecule has 160 valence electrons. The van der Waals surface area contributed by atoms with Gasteiger partial charge < -0.3 is 9.73 Å². The van der Waals surface area contributed by atoms with E-state index < -0.39 is 11.2 Å². The van der Waals surface area contributed by atoms with Gasteiger partial charge in [-0.3, -0.25) is 24.3 Å². The molecule has 0 aliphatic carbocycles. The third-order valence-electron chi connectivity index (χ3n) is 5.93. The molecule has 1 aliphatic heterocycles. The number of nitrogens with zero attached hydrogens (tertiary/aromatic N) is 1. The van der Waals surface area contributed by atoms with E-state index in [1.807, 2.05) is 19.1 Å². The second kappa shape index (κ2) is 8.22. The highest BCUT2D eigenvalue weighted by Crippen LogP contribution is 2.36. The number of oxazole rings is 1. The van der Waals surface area contributed by atoms with Crippen LogP contribution in [-0.4, -0.2) is 22.3 Å². The van der Waals surface area contributed by atoms with Gasteiger partial charge >= 0.3 is 5.76 Å². The lowest BCUT2D eigenvalue weighted by molar-refractivity contribution is -0.138. The first-order valence-corrected chi connectivity index (χ1v) is 10.3. The van der Waals surface area contributed by atoms with Gasteiger partial charge in [-0.1, -0.05) is 31.2 Å². The van der Waals surface area contributed by atoms with Crippen LogP contribution in [0.5, 0.6) is 0 Å². The van der Waals surface area contributed by atoms with Gasteiger partial charge in [-0.15, -0.1) is 0 Å². The zero-order valence-corrected chi connectivity index (χ0v) is 17.1. The minimum atomic E-state index is -0.736. The summed E-state index contributed by atoms with van der Waals surface area (Å²) in [5.41, 5.74) is 1.81. The molecule has 0 bridgehead atoms. The number of hydrogen-bond donors (Lipinski definition) is 2. The average Bonchev–Trinajstić information content (AvgIpc) is 3.08. The van der Waals surface area contributed by atoms with Crippen LogP contribution in [0.25, 0.3) is 11.1 Å². The number of piperidine rings is 1. The van der Waals surface area contributed by atoms with Crippen molar-refractivity contribution in [3.63, 3.8) is 0 Å². The van der Waals surface area contributed by atoms with Crippen molar-refractivity contribution in [1.29, 1.82) is 0 Å². The van der Waals surface area contributed by atoms with Crippen molar-refractivity contribution in [2.45, 2.75) is 44.6 Å². The Kier molecular flexibility index (Phi) is 5.46. The molecule has 1 unspecified atom stereocenters. The van der Waals surface area contributed by atoms with E-state index in [2.05, 4.69) is 10.6 Å². The number of anilines is 1. The Morgan fingerprint density at radius 1 is 1.13 bits per heavy atom. The summed E-state index contributed by atoms with van der Waals surface area (Å²) in [6, 6.07) is 14.2. The van der Waals surface area contributed by atoms with Gasteiger partial charge in [0, 0.05) is 25.1 Å². The summed E-state index contributed by atoms with van der Waals surface area (Å²) >= 11 is 0. The Labute approximate surface area is 178 Å². The molecule has 1 saturated heterocycles. The molecule has 0 spiro atoms. The Balaban J connectivity index is 1.42. The van der Waals surface area contributed by atoms with Crippen LogP contribution in [0.2, 0.25) is 0 Å². The summed E-state index contributed by atoms with van der Waals surface area (Å²) in [5.74, 6) is -1.26. The number of benzene rings is 2. The van der Waals surface area contributed by atoms with Gasteiger partial charge in [0.05, 0.1) is 10.9 Å². The molecule has 31 heavy (non-hydrogen) atoms. The molecule has 1 atom stereocenters. The van der Waals surface area contributed by atoms with Crippen LogP contribution in [0.15, 0.2) is 57.7 Å². The largest absolute Gasteiger partial charge is 0.419 e. The lowest BCUT2D eigenvalue weighted by Crippen LogP contribution is -2.51. The molecule has 1 aromatic heterocycles. The molecular formula is C23H23N3O5. The van der Waals surface area contributed by atoms with Crippen LogP contribution in [0, 0.1) is 0 Å². The quantitative estimate of drug-likeness (QED) is 0.595. The molecule has 0 radical (unpaired) electrons. The topological polar surface area (TPSA) is 110 Å². The van der Waals surface area contributed by atoms with Crippen molar-refractivity contribution >= 4 is 34.5 Å². The summed E-state index contributed by atoms with van der Waals surface area (Å²) in [5, 5.41) is 5.24. The number of amides is 3. The van der Waals surface area contributed by atoms with E-state index >= 15 is 0 Å². The number of aromatic nitrogens is 1. The van der Waals surface area contributed by atoms with Gasteiger partial charge in [-0.25, -0.2) is 4.79 Å². The number of hydrogen-bond acceptors (Lipinski definition) is 5. The summed E-state index contributed by atoms with van der Waals surface area (Å²) < 4.78 is 6.61. The number of nitrogens with one attached hydrogen (secondary N) is 2. The molecule has 2 heterocycles. The molecule has 4 rings (SSSR count). The highest BCUT2D eigenvalue weighted by molar-refractivity contribution is 6.03. The predicted molar refractivity (Wildman–Crippen MR) is 115 cm³/mol. The second-order valence-corrected chi connectivity index (χ2v) is 7.68. The summed E-state index contributed by atoms with van der Waals surface area (Å²) in [7, 11) is 0. The molecule has 0 saturated carbocycles. The van der Waals surface area contributed by atoms with Crippen molar-refractivity contribution in [2.24, 2.45) is 0 Å². The van der Waals surface area contributed by atoms with Crippen LogP contribution in [0.1, 0.15) is 38.2 Å². The van der Waals surface area contributed by atoms with E-state index in [0.717, 1.165) is 5.56 Å². The maximum Gasteiger partial charge on any atom is 0.419 e. The van der Waals surface area contributed by atoms with Crippen molar-refractivity contribution in [1.82, 2.24) is 9.88 Å². The highest BCUT2D eigenvalue weighted by Gasteiger charge is 2.42. The Morgan fingerprint density at radius 2 is 1.87 bits per heavy atom. The number of rotatable bonds is 6.